The monoisotopic (exact) mass is 398 g/mol. The van der Waals surface area contributed by atoms with Gasteiger partial charge in [0.15, 0.2) is 5.82 Å². The molecule has 1 amide bonds. The van der Waals surface area contributed by atoms with E-state index in [1.807, 2.05) is 12.1 Å². The molecule has 9 heteroatoms. The van der Waals surface area contributed by atoms with Gasteiger partial charge in [-0.2, -0.15) is 5.26 Å². The second-order valence-electron chi connectivity index (χ2n) is 5.63. The molecule has 3 rings (SSSR count). The number of nitrogen functional groups attached to an aromatic ring is 1. The van der Waals surface area contributed by atoms with Crippen LogP contribution in [-0.4, -0.2) is 26.0 Å². The van der Waals surface area contributed by atoms with Crippen molar-refractivity contribution in [1.29, 1.82) is 5.26 Å². The number of halogens is 1. The lowest BCUT2D eigenvalue weighted by Gasteiger charge is -2.11. The summed E-state index contributed by atoms with van der Waals surface area (Å²) in [6.07, 6.45) is 0. The highest BCUT2D eigenvalue weighted by Gasteiger charge is 2.20. The standard InChI is InChI=1S/C18H15ClN6OS/c1-11(17(26)22-15-7-5-12(10-20)6-8-15)27-18-24-23-16(25(18)21)13-3-2-4-14(19)9-13/h2-9,11H,21H2,1H3,(H,22,26)/t11-/m0/s1. The Morgan fingerprint density at radius 1 is 1.30 bits per heavy atom. The predicted molar refractivity (Wildman–Crippen MR) is 106 cm³/mol. The zero-order valence-corrected chi connectivity index (χ0v) is 15.8. The zero-order chi connectivity index (χ0) is 19.4. The molecular weight excluding hydrogens is 384 g/mol. The molecule has 0 aliphatic rings. The summed E-state index contributed by atoms with van der Waals surface area (Å²) in [4.78, 5) is 12.4. The van der Waals surface area contributed by atoms with Crippen LogP contribution in [0.2, 0.25) is 5.02 Å². The average Bonchev–Trinajstić information content (AvgIpc) is 3.02. The van der Waals surface area contributed by atoms with Crippen molar-refractivity contribution in [3.63, 3.8) is 0 Å². The van der Waals surface area contributed by atoms with E-state index < -0.39 is 5.25 Å². The van der Waals surface area contributed by atoms with Crippen molar-refractivity contribution in [2.45, 2.75) is 17.3 Å². The van der Waals surface area contributed by atoms with Gasteiger partial charge in [-0.1, -0.05) is 35.5 Å². The molecule has 0 radical (unpaired) electrons. The van der Waals surface area contributed by atoms with Gasteiger partial charge in [-0.15, -0.1) is 10.2 Å². The fourth-order valence-electron chi connectivity index (χ4n) is 2.27. The lowest BCUT2D eigenvalue weighted by Crippen LogP contribution is -2.23. The van der Waals surface area contributed by atoms with Crippen LogP contribution in [0, 0.1) is 11.3 Å². The highest BCUT2D eigenvalue weighted by atomic mass is 35.5. The van der Waals surface area contributed by atoms with E-state index in [0.717, 1.165) is 5.56 Å². The van der Waals surface area contributed by atoms with Gasteiger partial charge in [0.1, 0.15) is 0 Å². The minimum Gasteiger partial charge on any atom is -0.335 e. The number of carbonyl (C=O) groups excluding carboxylic acids is 1. The summed E-state index contributed by atoms with van der Waals surface area (Å²) < 4.78 is 1.34. The first-order valence-corrected chi connectivity index (χ1v) is 9.18. The van der Waals surface area contributed by atoms with Crippen LogP contribution in [0.1, 0.15) is 12.5 Å². The first kappa shape index (κ1) is 18.8. The van der Waals surface area contributed by atoms with Crippen molar-refractivity contribution < 1.29 is 4.79 Å². The SMILES string of the molecule is C[C@H](Sc1nnc(-c2cccc(Cl)c2)n1N)C(=O)Nc1ccc(C#N)cc1. The molecule has 0 unspecified atom stereocenters. The van der Waals surface area contributed by atoms with Gasteiger partial charge in [-0.05, 0) is 43.3 Å². The van der Waals surface area contributed by atoms with Crippen molar-refractivity contribution in [3.05, 3.63) is 59.1 Å². The van der Waals surface area contributed by atoms with Crippen LogP contribution in [0.3, 0.4) is 0 Å². The van der Waals surface area contributed by atoms with Crippen molar-refractivity contribution in [1.82, 2.24) is 14.9 Å². The average molecular weight is 399 g/mol. The lowest BCUT2D eigenvalue weighted by atomic mass is 10.2. The Labute approximate surface area is 165 Å². The Morgan fingerprint density at radius 3 is 2.70 bits per heavy atom. The van der Waals surface area contributed by atoms with E-state index in [-0.39, 0.29) is 5.91 Å². The smallest absolute Gasteiger partial charge is 0.237 e. The number of rotatable bonds is 5. The minimum atomic E-state index is -0.459. The number of amides is 1. The highest BCUT2D eigenvalue weighted by Crippen LogP contribution is 2.26. The molecule has 7 nitrogen and oxygen atoms in total. The van der Waals surface area contributed by atoms with Crippen LogP contribution in [0.5, 0.6) is 0 Å². The number of aromatic nitrogens is 3. The van der Waals surface area contributed by atoms with E-state index in [9.17, 15) is 4.79 Å². The summed E-state index contributed by atoms with van der Waals surface area (Å²) in [5, 5.41) is 20.3. The summed E-state index contributed by atoms with van der Waals surface area (Å²) in [5.41, 5.74) is 1.87. The molecule has 3 aromatic rings. The van der Waals surface area contributed by atoms with Gasteiger partial charge in [0, 0.05) is 16.3 Å². The molecule has 0 saturated heterocycles. The van der Waals surface area contributed by atoms with Gasteiger partial charge in [0.25, 0.3) is 0 Å². The van der Waals surface area contributed by atoms with Crippen LogP contribution < -0.4 is 11.2 Å². The van der Waals surface area contributed by atoms with Crippen molar-refractivity contribution in [2.75, 3.05) is 11.2 Å². The molecule has 1 aromatic heterocycles. The predicted octanol–water partition coefficient (Wildman–Crippen LogP) is 3.30. The number of hydrogen-bond donors (Lipinski definition) is 2. The van der Waals surface area contributed by atoms with Crippen LogP contribution >= 0.6 is 23.4 Å². The molecular formula is C18H15ClN6OS. The Morgan fingerprint density at radius 2 is 2.04 bits per heavy atom. The summed E-state index contributed by atoms with van der Waals surface area (Å²) in [6, 6.07) is 15.8. The fraction of sp³-hybridized carbons (Fsp3) is 0.111. The topological polar surface area (TPSA) is 110 Å². The first-order chi connectivity index (χ1) is 13.0. The molecule has 0 fully saturated rings. The molecule has 0 aliphatic heterocycles. The number of nitriles is 1. The Hall–Kier alpha value is -3.02. The minimum absolute atomic E-state index is 0.211. The van der Waals surface area contributed by atoms with Gasteiger partial charge >= 0.3 is 0 Å². The third-order valence-electron chi connectivity index (χ3n) is 3.68. The molecule has 27 heavy (non-hydrogen) atoms. The second kappa shape index (κ2) is 8.12. The van der Waals surface area contributed by atoms with Crippen molar-refractivity contribution in [2.24, 2.45) is 0 Å². The number of carbonyl (C=O) groups is 1. The maximum Gasteiger partial charge on any atom is 0.237 e. The summed E-state index contributed by atoms with van der Waals surface area (Å²) in [5.74, 6) is 6.33. The van der Waals surface area contributed by atoms with E-state index >= 15 is 0 Å². The number of anilines is 1. The maximum atomic E-state index is 12.4. The molecule has 2 aromatic carbocycles. The van der Waals surface area contributed by atoms with E-state index in [4.69, 9.17) is 22.7 Å². The largest absolute Gasteiger partial charge is 0.335 e. The van der Waals surface area contributed by atoms with Crippen molar-refractivity contribution in [3.8, 4) is 17.5 Å². The van der Waals surface area contributed by atoms with E-state index in [1.54, 1.807) is 49.4 Å². The maximum absolute atomic E-state index is 12.4. The molecule has 1 heterocycles. The Bertz CT molecular complexity index is 1010. The van der Waals surface area contributed by atoms with Crippen LogP contribution in [0.15, 0.2) is 53.7 Å². The first-order valence-electron chi connectivity index (χ1n) is 7.92. The Balaban J connectivity index is 1.69. The third kappa shape index (κ3) is 4.39. The number of nitrogens with zero attached hydrogens (tertiary/aromatic N) is 4. The number of thioether (sulfide) groups is 1. The number of nitrogens with one attached hydrogen (secondary N) is 1. The second-order valence-corrected chi connectivity index (χ2v) is 7.37. The van der Waals surface area contributed by atoms with Gasteiger partial charge < -0.3 is 11.2 Å². The summed E-state index contributed by atoms with van der Waals surface area (Å²) >= 11 is 7.19. The van der Waals surface area contributed by atoms with Crippen molar-refractivity contribution >= 4 is 35.0 Å². The van der Waals surface area contributed by atoms with Gasteiger partial charge in [0.2, 0.25) is 11.1 Å². The number of benzene rings is 2. The van der Waals surface area contributed by atoms with Crippen LogP contribution in [0.4, 0.5) is 5.69 Å². The Kier molecular flexibility index (Phi) is 5.64. The quantitative estimate of drug-likeness (QED) is 0.504. The fourth-order valence-corrected chi connectivity index (χ4v) is 3.23. The van der Waals surface area contributed by atoms with Gasteiger partial charge in [0.05, 0.1) is 16.9 Å². The highest BCUT2D eigenvalue weighted by molar-refractivity contribution is 8.00. The van der Waals surface area contributed by atoms with Crippen LogP contribution in [0.25, 0.3) is 11.4 Å². The lowest BCUT2D eigenvalue weighted by molar-refractivity contribution is -0.115. The molecule has 0 spiro atoms. The van der Waals surface area contributed by atoms with E-state index in [2.05, 4.69) is 15.5 Å². The summed E-state index contributed by atoms with van der Waals surface area (Å²) in [7, 11) is 0. The van der Waals surface area contributed by atoms with Gasteiger partial charge in [-0.3, -0.25) is 4.79 Å². The van der Waals surface area contributed by atoms with E-state index in [1.165, 1.54) is 16.4 Å². The third-order valence-corrected chi connectivity index (χ3v) is 4.97. The van der Waals surface area contributed by atoms with Crippen LogP contribution in [-0.2, 0) is 4.79 Å². The summed E-state index contributed by atoms with van der Waals surface area (Å²) in [6.45, 7) is 1.75. The number of nitrogens with two attached hydrogens (primary N) is 1. The molecule has 0 saturated carbocycles. The van der Waals surface area contributed by atoms with E-state index in [0.29, 0.717) is 27.3 Å². The molecule has 0 aliphatic carbocycles. The molecule has 0 bridgehead atoms. The molecule has 1 atom stereocenters. The van der Waals surface area contributed by atoms with Gasteiger partial charge in [-0.25, -0.2) is 4.68 Å². The molecule has 136 valence electrons. The zero-order valence-electron chi connectivity index (χ0n) is 14.3. The normalized spacial score (nSPS) is 11.6. The molecule has 3 N–H and O–H groups in total. The number of hydrogen-bond acceptors (Lipinski definition) is 6.